The molecule has 0 spiro atoms. The van der Waals surface area contributed by atoms with Crippen molar-refractivity contribution in [3.63, 3.8) is 0 Å². The highest BCUT2D eigenvalue weighted by molar-refractivity contribution is 7.99. The Morgan fingerprint density at radius 2 is 2.28 bits per heavy atom. The number of halogens is 1. The number of H-pyrrole nitrogens is 1. The third kappa shape index (κ3) is 3.79. The molecular formula is C17H18ClN5OS. The molecule has 6 nitrogen and oxygen atoms in total. The number of hydrogen-bond acceptors (Lipinski definition) is 6. The average molecular weight is 376 g/mol. The Morgan fingerprint density at radius 1 is 1.32 bits per heavy atom. The Bertz CT molecular complexity index is 844. The summed E-state index contributed by atoms with van der Waals surface area (Å²) in [5.41, 5.74) is 0.934. The summed E-state index contributed by atoms with van der Waals surface area (Å²) in [7, 11) is 0. The highest BCUT2D eigenvalue weighted by Crippen LogP contribution is 2.29. The van der Waals surface area contributed by atoms with Crippen LogP contribution in [-0.4, -0.2) is 57.1 Å². The first kappa shape index (κ1) is 16.8. The molecule has 0 saturated carbocycles. The second-order valence-electron chi connectivity index (χ2n) is 5.82. The van der Waals surface area contributed by atoms with E-state index in [-0.39, 0.29) is 6.04 Å². The van der Waals surface area contributed by atoms with Crippen LogP contribution in [0, 0.1) is 0 Å². The summed E-state index contributed by atoms with van der Waals surface area (Å²) in [6.45, 7) is 3.26. The van der Waals surface area contributed by atoms with Gasteiger partial charge in [-0.25, -0.2) is 4.98 Å². The smallest absolute Gasteiger partial charge is 0.143 e. The van der Waals surface area contributed by atoms with Gasteiger partial charge in [0, 0.05) is 40.3 Å². The van der Waals surface area contributed by atoms with E-state index in [1.165, 1.54) is 4.90 Å². The van der Waals surface area contributed by atoms with Gasteiger partial charge in [0.1, 0.15) is 12.2 Å². The Morgan fingerprint density at radius 3 is 3.16 bits per heavy atom. The summed E-state index contributed by atoms with van der Waals surface area (Å²) in [6.07, 6.45) is 3.39. The van der Waals surface area contributed by atoms with E-state index in [1.54, 1.807) is 6.33 Å². The SMILES string of the molecule is Clc1ccc2c(SCCN3CCOCC3c3ncn[nH]3)ccnc2c1. The van der Waals surface area contributed by atoms with E-state index in [0.717, 1.165) is 42.2 Å². The minimum Gasteiger partial charge on any atom is -0.378 e. The molecular weight excluding hydrogens is 358 g/mol. The maximum absolute atomic E-state index is 6.06. The zero-order chi connectivity index (χ0) is 17.1. The van der Waals surface area contributed by atoms with Crippen LogP contribution < -0.4 is 0 Å². The van der Waals surface area contributed by atoms with E-state index in [0.29, 0.717) is 11.6 Å². The number of aromatic nitrogens is 4. The molecule has 1 aliphatic heterocycles. The maximum atomic E-state index is 6.06. The van der Waals surface area contributed by atoms with Crippen LogP contribution in [0.1, 0.15) is 11.9 Å². The van der Waals surface area contributed by atoms with Crippen molar-refractivity contribution >= 4 is 34.3 Å². The number of pyridine rings is 1. The summed E-state index contributed by atoms with van der Waals surface area (Å²) in [6, 6.07) is 8.07. The predicted molar refractivity (Wildman–Crippen MR) is 99.0 cm³/mol. The minimum atomic E-state index is 0.143. The lowest BCUT2D eigenvalue weighted by atomic mass is 10.2. The molecule has 0 bridgehead atoms. The van der Waals surface area contributed by atoms with E-state index in [9.17, 15) is 0 Å². The topological polar surface area (TPSA) is 66.9 Å². The molecule has 2 aromatic heterocycles. The maximum Gasteiger partial charge on any atom is 0.143 e. The number of nitrogens with one attached hydrogen (secondary N) is 1. The fourth-order valence-corrected chi connectivity index (χ4v) is 4.22. The standard InChI is InChI=1S/C17H18ClN5OS/c18-12-1-2-13-14(9-12)19-4-3-16(13)25-8-6-23-5-7-24-10-15(23)17-20-11-21-22-17/h1-4,9,11,15H,5-8,10H2,(H,20,21,22). The number of thioether (sulfide) groups is 1. The molecule has 0 aliphatic carbocycles. The van der Waals surface area contributed by atoms with Gasteiger partial charge in [0.15, 0.2) is 0 Å². The molecule has 0 radical (unpaired) electrons. The highest BCUT2D eigenvalue weighted by Gasteiger charge is 2.26. The van der Waals surface area contributed by atoms with Gasteiger partial charge in [-0.3, -0.25) is 15.0 Å². The van der Waals surface area contributed by atoms with Gasteiger partial charge in [0.25, 0.3) is 0 Å². The van der Waals surface area contributed by atoms with E-state index in [2.05, 4.69) is 31.1 Å². The molecule has 8 heteroatoms. The average Bonchev–Trinajstić information content (AvgIpc) is 3.16. The Balaban J connectivity index is 1.43. The van der Waals surface area contributed by atoms with Gasteiger partial charge < -0.3 is 4.74 Å². The molecule has 130 valence electrons. The second-order valence-corrected chi connectivity index (χ2v) is 7.39. The lowest BCUT2D eigenvalue weighted by molar-refractivity contribution is -0.00829. The van der Waals surface area contributed by atoms with Crippen molar-refractivity contribution in [2.45, 2.75) is 10.9 Å². The van der Waals surface area contributed by atoms with Crippen LogP contribution in [0.5, 0.6) is 0 Å². The van der Waals surface area contributed by atoms with Gasteiger partial charge >= 0.3 is 0 Å². The predicted octanol–water partition coefficient (Wildman–Crippen LogP) is 3.17. The normalized spacial score (nSPS) is 18.7. The second kappa shape index (κ2) is 7.70. The Labute approximate surface area is 154 Å². The third-order valence-electron chi connectivity index (χ3n) is 4.29. The van der Waals surface area contributed by atoms with Crippen molar-refractivity contribution in [3.05, 3.63) is 47.6 Å². The van der Waals surface area contributed by atoms with Gasteiger partial charge in [-0.2, -0.15) is 5.10 Å². The molecule has 1 aromatic carbocycles. The first-order valence-corrected chi connectivity index (χ1v) is 9.52. The Hall–Kier alpha value is -1.67. The van der Waals surface area contributed by atoms with Crippen molar-refractivity contribution in [1.29, 1.82) is 0 Å². The van der Waals surface area contributed by atoms with Gasteiger partial charge in [-0.05, 0) is 18.2 Å². The lowest BCUT2D eigenvalue weighted by Crippen LogP contribution is -2.41. The zero-order valence-electron chi connectivity index (χ0n) is 13.6. The molecule has 1 unspecified atom stereocenters. The van der Waals surface area contributed by atoms with Crippen molar-refractivity contribution in [3.8, 4) is 0 Å². The van der Waals surface area contributed by atoms with Crippen LogP contribution >= 0.6 is 23.4 Å². The van der Waals surface area contributed by atoms with Crippen molar-refractivity contribution in [1.82, 2.24) is 25.1 Å². The molecule has 3 heterocycles. The number of nitrogens with zero attached hydrogens (tertiary/aromatic N) is 4. The van der Waals surface area contributed by atoms with Crippen LogP contribution in [0.4, 0.5) is 0 Å². The molecule has 4 rings (SSSR count). The zero-order valence-corrected chi connectivity index (χ0v) is 15.1. The fourth-order valence-electron chi connectivity index (χ4n) is 3.03. The molecule has 1 atom stereocenters. The highest BCUT2D eigenvalue weighted by atomic mass is 35.5. The lowest BCUT2D eigenvalue weighted by Gasteiger charge is -2.33. The van der Waals surface area contributed by atoms with E-state index in [4.69, 9.17) is 16.3 Å². The first-order valence-electron chi connectivity index (χ1n) is 8.15. The summed E-state index contributed by atoms with van der Waals surface area (Å²) in [5, 5.41) is 8.78. The number of hydrogen-bond donors (Lipinski definition) is 1. The molecule has 1 fully saturated rings. The number of rotatable bonds is 5. The minimum absolute atomic E-state index is 0.143. The molecule has 1 aliphatic rings. The van der Waals surface area contributed by atoms with Gasteiger partial charge in [0.05, 0.1) is 24.8 Å². The molecule has 3 aromatic rings. The number of morpholine rings is 1. The quantitative estimate of drug-likeness (QED) is 0.691. The van der Waals surface area contributed by atoms with E-state index < -0.39 is 0 Å². The third-order valence-corrected chi connectivity index (χ3v) is 5.58. The van der Waals surface area contributed by atoms with E-state index >= 15 is 0 Å². The monoisotopic (exact) mass is 375 g/mol. The first-order chi connectivity index (χ1) is 12.3. The van der Waals surface area contributed by atoms with Crippen LogP contribution in [0.3, 0.4) is 0 Å². The van der Waals surface area contributed by atoms with Crippen molar-refractivity contribution in [2.24, 2.45) is 0 Å². The fraction of sp³-hybridized carbons (Fsp3) is 0.353. The van der Waals surface area contributed by atoms with Crippen LogP contribution in [-0.2, 0) is 4.74 Å². The molecule has 25 heavy (non-hydrogen) atoms. The van der Waals surface area contributed by atoms with E-state index in [1.807, 2.05) is 36.2 Å². The van der Waals surface area contributed by atoms with Crippen molar-refractivity contribution < 1.29 is 4.74 Å². The summed E-state index contributed by atoms with van der Waals surface area (Å²) in [4.78, 5) is 12.3. The molecule has 1 N–H and O–H groups in total. The number of ether oxygens (including phenoxy) is 1. The molecule has 1 saturated heterocycles. The number of fused-ring (bicyclic) bond motifs is 1. The van der Waals surface area contributed by atoms with Gasteiger partial charge in [-0.1, -0.05) is 17.7 Å². The van der Waals surface area contributed by atoms with Crippen molar-refractivity contribution in [2.75, 3.05) is 32.1 Å². The molecule has 0 amide bonds. The summed E-state index contributed by atoms with van der Waals surface area (Å²) >= 11 is 7.90. The largest absolute Gasteiger partial charge is 0.378 e. The number of benzene rings is 1. The summed E-state index contributed by atoms with van der Waals surface area (Å²) in [5.74, 6) is 1.85. The number of aromatic amines is 1. The van der Waals surface area contributed by atoms with Gasteiger partial charge in [0.2, 0.25) is 0 Å². The summed E-state index contributed by atoms with van der Waals surface area (Å²) < 4.78 is 5.61. The van der Waals surface area contributed by atoms with Gasteiger partial charge in [-0.15, -0.1) is 11.8 Å². The van der Waals surface area contributed by atoms with Crippen LogP contribution in [0.2, 0.25) is 5.02 Å². The van der Waals surface area contributed by atoms with Crippen LogP contribution in [0.15, 0.2) is 41.7 Å². The van der Waals surface area contributed by atoms with Crippen LogP contribution in [0.25, 0.3) is 10.9 Å². The Kier molecular flexibility index (Phi) is 5.17.